The Morgan fingerprint density at radius 3 is 2.60 bits per heavy atom. The van der Waals surface area contributed by atoms with Crippen LogP contribution in [0.25, 0.3) is 0 Å². The Kier molecular flexibility index (Phi) is 5.35. The van der Waals surface area contributed by atoms with Gasteiger partial charge >= 0.3 is 0 Å². The van der Waals surface area contributed by atoms with Gasteiger partial charge in [-0.1, -0.05) is 20.8 Å². The predicted octanol–water partition coefficient (Wildman–Crippen LogP) is 3.32. The molecular formula is C16H27N3O. The van der Waals surface area contributed by atoms with Crippen LogP contribution in [0.15, 0.2) is 12.4 Å². The number of rotatable bonds is 6. The molecule has 20 heavy (non-hydrogen) atoms. The lowest BCUT2D eigenvalue weighted by Gasteiger charge is -2.33. The zero-order chi connectivity index (χ0) is 14.4. The zero-order valence-corrected chi connectivity index (χ0v) is 13.0. The van der Waals surface area contributed by atoms with E-state index in [1.54, 1.807) is 6.20 Å². The maximum Gasteiger partial charge on any atom is 0.232 e. The van der Waals surface area contributed by atoms with Crippen molar-refractivity contribution >= 4 is 0 Å². The van der Waals surface area contributed by atoms with E-state index in [0.29, 0.717) is 17.4 Å². The van der Waals surface area contributed by atoms with Crippen LogP contribution >= 0.6 is 0 Å². The molecule has 1 aromatic heterocycles. The summed E-state index contributed by atoms with van der Waals surface area (Å²) in [7, 11) is 0. The van der Waals surface area contributed by atoms with Crippen LogP contribution in [0.4, 0.5) is 0 Å². The van der Waals surface area contributed by atoms with Crippen LogP contribution in [0.3, 0.4) is 0 Å². The first-order valence-electron chi connectivity index (χ1n) is 7.77. The first kappa shape index (κ1) is 15.2. The van der Waals surface area contributed by atoms with E-state index >= 15 is 0 Å². The summed E-state index contributed by atoms with van der Waals surface area (Å²) in [6.07, 6.45) is 9.69. The molecule has 0 atom stereocenters. The van der Waals surface area contributed by atoms with Gasteiger partial charge < -0.3 is 10.1 Å². The van der Waals surface area contributed by atoms with Gasteiger partial charge in [-0.25, -0.2) is 4.98 Å². The van der Waals surface area contributed by atoms with E-state index in [1.165, 1.54) is 12.8 Å². The third-order valence-electron chi connectivity index (χ3n) is 3.99. The fourth-order valence-corrected chi connectivity index (χ4v) is 2.55. The summed E-state index contributed by atoms with van der Waals surface area (Å²) in [5, 5.41) is 3.32. The Hall–Kier alpha value is -1.16. The average Bonchev–Trinajstić information content (AvgIpc) is 2.43. The van der Waals surface area contributed by atoms with Gasteiger partial charge in [-0.2, -0.15) is 0 Å². The monoisotopic (exact) mass is 277 g/mol. The zero-order valence-electron chi connectivity index (χ0n) is 13.0. The first-order chi connectivity index (χ1) is 9.59. The highest BCUT2D eigenvalue weighted by molar-refractivity contribution is 5.07. The molecule has 112 valence electrons. The van der Waals surface area contributed by atoms with E-state index in [1.807, 2.05) is 6.20 Å². The molecule has 1 heterocycles. The Morgan fingerprint density at radius 2 is 2.00 bits per heavy atom. The van der Waals surface area contributed by atoms with E-state index in [0.717, 1.165) is 38.0 Å². The molecule has 2 rings (SSSR count). The number of nitrogens with zero attached hydrogens (tertiary/aromatic N) is 2. The van der Waals surface area contributed by atoms with Crippen molar-refractivity contribution in [1.29, 1.82) is 0 Å². The topological polar surface area (TPSA) is 47.0 Å². The molecule has 0 spiro atoms. The molecule has 0 aromatic carbocycles. The van der Waals surface area contributed by atoms with Gasteiger partial charge in [0.25, 0.3) is 0 Å². The minimum absolute atomic E-state index is 0.307. The Labute approximate surface area is 122 Å². The molecule has 1 aromatic rings. The van der Waals surface area contributed by atoms with Crippen molar-refractivity contribution in [3.8, 4) is 5.88 Å². The smallest absolute Gasteiger partial charge is 0.232 e. The first-order valence-corrected chi connectivity index (χ1v) is 7.77. The van der Waals surface area contributed by atoms with Gasteiger partial charge in [0.2, 0.25) is 5.88 Å². The molecule has 4 nitrogen and oxygen atoms in total. The second-order valence-electron chi connectivity index (χ2n) is 6.50. The molecule has 4 heteroatoms. The molecule has 0 radical (unpaired) electrons. The van der Waals surface area contributed by atoms with Gasteiger partial charge in [-0.3, -0.25) is 4.98 Å². The van der Waals surface area contributed by atoms with Crippen LogP contribution in [-0.4, -0.2) is 22.6 Å². The van der Waals surface area contributed by atoms with Gasteiger partial charge in [-0.15, -0.1) is 0 Å². The van der Waals surface area contributed by atoms with Gasteiger partial charge in [0, 0.05) is 6.54 Å². The third-order valence-corrected chi connectivity index (χ3v) is 3.99. The molecule has 0 amide bonds. The van der Waals surface area contributed by atoms with Crippen LogP contribution in [0.5, 0.6) is 5.88 Å². The molecule has 0 saturated heterocycles. The van der Waals surface area contributed by atoms with Gasteiger partial charge in [0.05, 0.1) is 18.1 Å². The maximum absolute atomic E-state index is 5.94. The minimum atomic E-state index is 0.307. The summed E-state index contributed by atoms with van der Waals surface area (Å²) < 4.78 is 5.94. The maximum atomic E-state index is 5.94. The van der Waals surface area contributed by atoms with E-state index in [2.05, 4.69) is 36.1 Å². The Morgan fingerprint density at radius 1 is 1.25 bits per heavy atom. The van der Waals surface area contributed by atoms with Crippen molar-refractivity contribution in [3.63, 3.8) is 0 Å². The Balaban J connectivity index is 1.79. The lowest BCUT2D eigenvalue weighted by molar-refractivity contribution is 0.0945. The van der Waals surface area contributed by atoms with Gasteiger partial charge in [0.15, 0.2) is 0 Å². The molecular weight excluding hydrogens is 250 g/mol. The fraction of sp³-hybridized carbons (Fsp3) is 0.750. The summed E-state index contributed by atoms with van der Waals surface area (Å²) in [5.41, 5.74) is 1.44. The van der Waals surface area contributed by atoms with E-state index < -0.39 is 0 Å². The van der Waals surface area contributed by atoms with Crippen LogP contribution in [0.1, 0.15) is 58.6 Å². The highest BCUT2D eigenvalue weighted by Gasteiger charge is 2.27. The molecule has 1 aliphatic rings. The third kappa shape index (κ3) is 4.75. The molecule has 0 unspecified atom stereocenters. The van der Waals surface area contributed by atoms with Crippen LogP contribution in [0, 0.1) is 5.41 Å². The van der Waals surface area contributed by atoms with E-state index in [9.17, 15) is 0 Å². The van der Waals surface area contributed by atoms with Crippen molar-refractivity contribution in [2.45, 2.75) is 65.5 Å². The van der Waals surface area contributed by atoms with Crippen LogP contribution < -0.4 is 10.1 Å². The largest absolute Gasteiger partial charge is 0.473 e. The molecule has 0 bridgehead atoms. The SMILES string of the molecule is CCCNCc1cnc(OC2CCC(C)(C)CC2)cn1. The summed E-state index contributed by atoms with van der Waals surface area (Å²) in [4.78, 5) is 8.76. The van der Waals surface area contributed by atoms with Crippen molar-refractivity contribution in [2.24, 2.45) is 5.41 Å². The van der Waals surface area contributed by atoms with Crippen molar-refractivity contribution in [3.05, 3.63) is 18.1 Å². The number of aromatic nitrogens is 2. The highest BCUT2D eigenvalue weighted by Crippen LogP contribution is 2.36. The summed E-state index contributed by atoms with van der Waals surface area (Å²) in [6.45, 7) is 8.61. The van der Waals surface area contributed by atoms with Crippen molar-refractivity contribution in [1.82, 2.24) is 15.3 Å². The number of ether oxygens (including phenoxy) is 1. The van der Waals surface area contributed by atoms with Crippen LogP contribution in [0.2, 0.25) is 0 Å². The summed E-state index contributed by atoms with van der Waals surface area (Å²) in [6, 6.07) is 0. The van der Waals surface area contributed by atoms with Gasteiger partial charge in [-0.05, 0) is 44.1 Å². The number of hydrogen-bond donors (Lipinski definition) is 1. The molecule has 1 fully saturated rings. The van der Waals surface area contributed by atoms with Crippen molar-refractivity contribution < 1.29 is 4.74 Å². The highest BCUT2D eigenvalue weighted by atomic mass is 16.5. The van der Waals surface area contributed by atoms with E-state index in [-0.39, 0.29) is 0 Å². The lowest BCUT2D eigenvalue weighted by Crippen LogP contribution is -2.28. The number of nitrogens with one attached hydrogen (secondary N) is 1. The predicted molar refractivity (Wildman–Crippen MR) is 80.7 cm³/mol. The standard InChI is InChI=1S/C16H27N3O/c1-4-9-17-10-13-11-19-15(12-18-13)20-14-5-7-16(2,3)8-6-14/h11-12,14,17H,4-10H2,1-3H3. The second-order valence-corrected chi connectivity index (χ2v) is 6.50. The molecule has 1 saturated carbocycles. The van der Waals surface area contributed by atoms with E-state index in [4.69, 9.17) is 4.74 Å². The van der Waals surface area contributed by atoms with Gasteiger partial charge in [0.1, 0.15) is 6.10 Å². The number of hydrogen-bond acceptors (Lipinski definition) is 4. The Bertz CT molecular complexity index is 393. The average molecular weight is 277 g/mol. The molecule has 1 aliphatic carbocycles. The normalized spacial score (nSPS) is 18.9. The second kappa shape index (κ2) is 7.02. The van der Waals surface area contributed by atoms with Crippen molar-refractivity contribution in [2.75, 3.05) is 6.54 Å². The lowest BCUT2D eigenvalue weighted by atomic mass is 9.76. The minimum Gasteiger partial charge on any atom is -0.473 e. The molecule has 1 N–H and O–H groups in total. The fourth-order valence-electron chi connectivity index (χ4n) is 2.55. The van der Waals surface area contributed by atoms with Crippen LogP contribution in [-0.2, 0) is 6.54 Å². The quantitative estimate of drug-likeness (QED) is 0.810. The summed E-state index contributed by atoms with van der Waals surface area (Å²) in [5.74, 6) is 0.661. The molecule has 0 aliphatic heterocycles. The summed E-state index contributed by atoms with van der Waals surface area (Å²) >= 11 is 0.